The van der Waals surface area contributed by atoms with Crippen molar-refractivity contribution in [1.82, 2.24) is 9.78 Å². The van der Waals surface area contributed by atoms with Crippen LogP contribution in [0.2, 0.25) is 0 Å². The van der Waals surface area contributed by atoms with Gasteiger partial charge < -0.3 is 0 Å². The molecule has 0 bridgehead atoms. The van der Waals surface area contributed by atoms with Gasteiger partial charge >= 0.3 is 0 Å². The van der Waals surface area contributed by atoms with Gasteiger partial charge in [0, 0.05) is 12.5 Å². The van der Waals surface area contributed by atoms with Gasteiger partial charge in [-0.25, -0.2) is 0 Å². The molecule has 2 rings (SSSR count). The van der Waals surface area contributed by atoms with Gasteiger partial charge in [-0.1, -0.05) is 13.3 Å². The number of unbranched alkanes of at least 4 members (excludes halogenated alkanes) is 1. The lowest BCUT2D eigenvalue weighted by molar-refractivity contribution is 0.548. The number of hydrogen-bond donors (Lipinski definition) is 0. The highest BCUT2D eigenvalue weighted by Crippen LogP contribution is 2.43. The summed E-state index contributed by atoms with van der Waals surface area (Å²) in [5.74, 6) is 0.755. The van der Waals surface area contributed by atoms with Crippen LogP contribution in [0.25, 0.3) is 0 Å². The van der Waals surface area contributed by atoms with Crippen molar-refractivity contribution >= 4 is 15.9 Å². The second-order valence-corrected chi connectivity index (χ2v) is 4.45. The zero-order chi connectivity index (χ0) is 9.26. The maximum atomic E-state index is 4.26. The first kappa shape index (κ1) is 9.25. The van der Waals surface area contributed by atoms with Crippen LogP contribution in [0, 0.1) is 6.20 Å². The second kappa shape index (κ2) is 3.82. The van der Waals surface area contributed by atoms with E-state index in [0.717, 1.165) is 16.9 Å². The van der Waals surface area contributed by atoms with E-state index >= 15 is 0 Å². The third-order valence-electron chi connectivity index (χ3n) is 2.46. The Kier molecular flexibility index (Phi) is 2.72. The highest BCUT2D eigenvalue weighted by Gasteiger charge is 2.29. The minimum Gasteiger partial charge on any atom is -0.267 e. The Morgan fingerprint density at radius 1 is 1.62 bits per heavy atom. The normalized spacial score (nSPS) is 16.5. The molecule has 0 atom stereocenters. The Morgan fingerprint density at radius 2 is 2.38 bits per heavy atom. The number of rotatable bonds is 4. The molecule has 1 aliphatic carbocycles. The first-order chi connectivity index (χ1) is 6.33. The molecule has 0 amide bonds. The molecule has 1 heterocycles. The fourth-order valence-electron chi connectivity index (χ4n) is 1.55. The first-order valence-corrected chi connectivity index (χ1v) is 5.76. The molecule has 13 heavy (non-hydrogen) atoms. The van der Waals surface area contributed by atoms with Gasteiger partial charge in [-0.2, -0.15) is 5.10 Å². The molecule has 0 aliphatic heterocycles. The quantitative estimate of drug-likeness (QED) is 0.793. The maximum Gasteiger partial charge on any atom is 0.128 e. The van der Waals surface area contributed by atoms with E-state index in [9.17, 15) is 0 Å². The van der Waals surface area contributed by atoms with Crippen LogP contribution >= 0.6 is 15.9 Å². The molecule has 1 fully saturated rings. The zero-order valence-electron chi connectivity index (χ0n) is 7.89. The summed E-state index contributed by atoms with van der Waals surface area (Å²) in [6.45, 7) is 3.25. The summed E-state index contributed by atoms with van der Waals surface area (Å²) in [6, 6.07) is 0. The Bertz CT molecular complexity index is 289. The van der Waals surface area contributed by atoms with Gasteiger partial charge in [0.05, 0.1) is 10.2 Å². The van der Waals surface area contributed by atoms with E-state index in [2.05, 4.69) is 38.8 Å². The van der Waals surface area contributed by atoms with Crippen molar-refractivity contribution in [2.24, 2.45) is 0 Å². The standard InChI is InChI=1S/C10H14BrN2/c1-2-3-6-13-10(8-4-5-8)9(11)7-12-13/h8H,2-6H2,1H3. The first-order valence-electron chi connectivity index (χ1n) is 4.96. The molecule has 1 saturated carbocycles. The molecule has 0 N–H and O–H groups in total. The van der Waals surface area contributed by atoms with Crippen LogP contribution in [-0.2, 0) is 6.54 Å². The Hall–Kier alpha value is -0.310. The van der Waals surface area contributed by atoms with Crippen molar-refractivity contribution in [2.75, 3.05) is 0 Å². The molecule has 0 aromatic carbocycles. The van der Waals surface area contributed by atoms with E-state index in [-0.39, 0.29) is 0 Å². The predicted molar refractivity (Wildman–Crippen MR) is 55.6 cm³/mol. The maximum absolute atomic E-state index is 4.26. The minimum absolute atomic E-state index is 0.755. The lowest BCUT2D eigenvalue weighted by Crippen LogP contribution is -2.04. The van der Waals surface area contributed by atoms with Crippen LogP contribution < -0.4 is 0 Å². The van der Waals surface area contributed by atoms with E-state index in [1.54, 1.807) is 0 Å². The molecular formula is C10H14BrN2. The number of nitrogens with zero attached hydrogens (tertiary/aromatic N) is 2. The summed E-state index contributed by atoms with van der Waals surface area (Å²) in [7, 11) is 0. The van der Waals surface area contributed by atoms with Gasteiger partial charge in [0.25, 0.3) is 0 Å². The average Bonchev–Trinajstić information content (AvgIpc) is 2.88. The number of aryl methyl sites for hydroxylation is 1. The van der Waals surface area contributed by atoms with E-state index < -0.39 is 0 Å². The van der Waals surface area contributed by atoms with Crippen molar-refractivity contribution in [2.45, 2.75) is 45.1 Å². The lowest BCUT2D eigenvalue weighted by Gasteiger charge is -2.05. The SMILES string of the molecule is CCCCn1n[c]c(Br)c1C1CC1. The topological polar surface area (TPSA) is 17.8 Å². The van der Waals surface area contributed by atoms with Crippen molar-refractivity contribution in [3.63, 3.8) is 0 Å². The zero-order valence-corrected chi connectivity index (χ0v) is 9.47. The molecule has 1 aromatic rings. The lowest BCUT2D eigenvalue weighted by atomic mass is 10.3. The van der Waals surface area contributed by atoms with Gasteiger partial charge in [0.2, 0.25) is 0 Å². The minimum atomic E-state index is 0.755. The third kappa shape index (κ3) is 1.96. The highest BCUT2D eigenvalue weighted by molar-refractivity contribution is 9.10. The smallest absolute Gasteiger partial charge is 0.128 e. The van der Waals surface area contributed by atoms with Crippen molar-refractivity contribution in [3.8, 4) is 0 Å². The van der Waals surface area contributed by atoms with Crippen molar-refractivity contribution < 1.29 is 0 Å². The molecule has 0 spiro atoms. The summed E-state index contributed by atoms with van der Waals surface area (Å²) in [4.78, 5) is 0. The van der Waals surface area contributed by atoms with Gasteiger partial charge in [0.15, 0.2) is 0 Å². The molecular weight excluding hydrogens is 228 g/mol. The third-order valence-corrected chi connectivity index (χ3v) is 3.04. The number of hydrogen-bond acceptors (Lipinski definition) is 1. The van der Waals surface area contributed by atoms with E-state index in [1.807, 2.05) is 0 Å². The van der Waals surface area contributed by atoms with Crippen LogP contribution in [0.4, 0.5) is 0 Å². The average molecular weight is 242 g/mol. The molecule has 1 radical (unpaired) electrons. The second-order valence-electron chi connectivity index (χ2n) is 3.66. The van der Waals surface area contributed by atoms with Crippen molar-refractivity contribution in [3.05, 3.63) is 16.4 Å². The largest absolute Gasteiger partial charge is 0.267 e. The summed E-state index contributed by atoms with van der Waals surface area (Å²) < 4.78 is 3.19. The molecule has 0 unspecified atom stereocenters. The highest BCUT2D eigenvalue weighted by atomic mass is 79.9. The molecule has 1 aliphatic rings. The van der Waals surface area contributed by atoms with E-state index in [1.165, 1.54) is 31.4 Å². The van der Waals surface area contributed by atoms with Crippen LogP contribution in [0.15, 0.2) is 4.47 Å². The van der Waals surface area contributed by atoms with Gasteiger partial charge in [-0.3, -0.25) is 4.68 Å². The summed E-state index contributed by atoms with van der Waals surface area (Å²) in [6.07, 6.45) is 8.08. The molecule has 71 valence electrons. The van der Waals surface area contributed by atoms with Crippen LogP contribution in [0.5, 0.6) is 0 Å². The molecule has 0 saturated heterocycles. The predicted octanol–water partition coefficient (Wildman–Crippen LogP) is 3.12. The van der Waals surface area contributed by atoms with Crippen LogP contribution in [0.3, 0.4) is 0 Å². The van der Waals surface area contributed by atoms with E-state index in [4.69, 9.17) is 0 Å². The number of aromatic nitrogens is 2. The van der Waals surface area contributed by atoms with Gasteiger partial charge in [-0.15, -0.1) is 0 Å². The van der Waals surface area contributed by atoms with Crippen LogP contribution in [0.1, 0.15) is 44.2 Å². The van der Waals surface area contributed by atoms with Gasteiger partial charge in [0.1, 0.15) is 6.20 Å². The monoisotopic (exact) mass is 241 g/mol. The summed E-state index contributed by atoms with van der Waals surface area (Å²) >= 11 is 3.51. The Balaban J connectivity index is 2.13. The van der Waals surface area contributed by atoms with E-state index in [0.29, 0.717) is 0 Å². The van der Waals surface area contributed by atoms with Gasteiger partial charge in [-0.05, 0) is 35.2 Å². The number of halogens is 1. The fourth-order valence-corrected chi connectivity index (χ4v) is 2.16. The summed E-state index contributed by atoms with van der Waals surface area (Å²) in [5.41, 5.74) is 1.37. The Morgan fingerprint density at radius 3 is 3.00 bits per heavy atom. The summed E-state index contributed by atoms with van der Waals surface area (Å²) in [5, 5.41) is 4.26. The fraction of sp³-hybridized carbons (Fsp3) is 0.700. The molecule has 3 heteroatoms. The van der Waals surface area contributed by atoms with Crippen molar-refractivity contribution in [1.29, 1.82) is 0 Å². The molecule has 2 nitrogen and oxygen atoms in total. The Labute approximate surface area is 87.5 Å². The van der Waals surface area contributed by atoms with Crippen LogP contribution in [-0.4, -0.2) is 9.78 Å². The molecule has 1 aromatic heterocycles.